The monoisotopic (exact) mass is 490 g/mol. The topological polar surface area (TPSA) is 125 Å². The average molecular weight is 490 g/mol. The molecule has 0 unspecified atom stereocenters. The molecule has 0 saturated carbocycles. The van der Waals surface area contributed by atoms with Crippen molar-refractivity contribution < 1.29 is 38.4 Å². The van der Waals surface area contributed by atoms with E-state index in [0.717, 1.165) is 0 Å². The van der Waals surface area contributed by atoms with Crippen molar-refractivity contribution in [3.8, 4) is 45.8 Å². The quantitative estimate of drug-likeness (QED) is 0.310. The van der Waals surface area contributed by atoms with Crippen LogP contribution in [0.4, 0.5) is 0 Å². The molecule has 2 N–H and O–H groups in total. The maximum atomic E-state index is 13.1. The minimum atomic E-state index is -0.587. The van der Waals surface area contributed by atoms with Gasteiger partial charge < -0.3 is 33.6 Å². The van der Waals surface area contributed by atoms with Crippen LogP contribution in [0.2, 0.25) is 0 Å². The van der Waals surface area contributed by atoms with E-state index in [1.807, 2.05) is 0 Å². The van der Waals surface area contributed by atoms with Crippen LogP contribution in [0.1, 0.15) is 23.5 Å². The Kier molecular flexibility index (Phi) is 5.68. The van der Waals surface area contributed by atoms with Crippen LogP contribution in [0.5, 0.6) is 34.5 Å². The number of esters is 1. The van der Waals surface area contributed by atoms with Gasteiger partial charge in [0.1, 0.15) is 39.7 Å². The molecule has 1 atom stereocenters. The first-order chi connectivity index (χ1) is 17.3. The Morgan fingerprint density at radius 3 is 2.22 bits per heavy atom. The Balaban J connectivity index is 1.79. The van der Waals surface area contributed by atoms with Gasteiger partial charge in [0.15, 0.2) is 16.9 Å². The average Bonchev–Trinajstić information content (AvgIpc) is 2.87. The molecule has 4 aromatic rings. The minimum absolute atomic E-state index is 0.0412. The Labute approximate surface area is 205 Å². The molecule has 9 heteroatoms. The summed E-state index contributed by atoms with van der Waals surface area (Å²) in [7, 11) is 4.46. The number of aromatic hydroxyl groups is 2. The van der Waals surface area contributed by atoms with Gasteiger partial charge in [-0.2, -0.15) is 0 Å². The molecule has 5 rings (SSSR count). The summed E-state index contributed by atoms with van der Waals surface area (Å²) < 4.78 is 27.5. The van der Waals surface area contributed by atoms with Gasteiger partial charge in [0.2, 0.25) is 0 Å². The zero-order valence-electron chi connectivity index (χ0n) is 19.7. The Morgan fingerprint density at radius 1 is 0.861 bits per heavy atom. The van der Waals surface area contributed by atoms with E-state index in [1.165, 1.54) is 39.5 Å². The first-order valence-electron chi connectivity index (χ1n) is 11.0. The summed E-state index contributed by atoms with van der Waals surface area (Å²) in [6.45, 7) is 0. The van der Waals surface area contributed by atoms with E-state index >= 15 is 0 Å². The van der Waals surface area contributed by atoms with Crippen molar-refractivity contribution in [2.75, 3.05) is 21.3 Å². The first-order valence-corrected chi connectivity index (χ1v) is 11.0. The Hall–Kier alpha value is -4.66. The zero-order chi connectivity index (χ0) is 25.6. The van der Waals surface area contributed by atoms with Crippen LogP contribution >= 0.6 is 0 Å². The highest BCUT2D eigenvalue weighted by Gasteiger charge is 2.34. The van der Waals surface area contributed by atoms with E-state index in [4.69, 9.17) is 23.4 Å². The third-order valence-corrected chi connectivity index (χ3v) is 6.16. The molecule has 1 aliphatic rings. The molecule has 0 bridgehead atoms. The van der Waals surface area contributed by atoms with Crippen LogP contribution in [-0.2, 0) is 4.79 Å². The summed E-state index contributed by atoms with van der Waals surface area (Å²) >= 11 is 0. The van der Waals surface area contributed by atoms with E-state index < -0.39 is 17.3 Å². The fourth-order valence-corrected chi connectivity index (χ4v) is 4.46. The van der Waals surface area contributed by atoms with Crippen molar-refractivity contribution in [1.29, 1.82) is 0 Å². The number of carbonyl (C=O) groups excluding carboxylic acids is 1. The smallest absolute Gasteiger partial charge is 0.312 e. The van der Waals surface area contributed by atoms with Crippen LogP contribution in [-0.4, -0.2) is 37.5 Å². The van der Waals surface area contributed by atoms with Crippen molar-refractivity contribution in [3.05, 3.63) is 69.9 Å². The van der Waals surface area contributed by atoms with Gasteiger partial charge in [0.05, 0.1) is 27.8 Å². The van der Waals surface area contributed by atoms with Gasteiger partial charge in [0, 0.05) is 35.2 Å². The van der Waals surface area contributed by atoms with E-state index in [0.29, 0.717) is 28.2 Å². The number of ether oxygens (including phenoxy) is 4. The molecule has 0 fully saturated rings. The Morgan fingerprint density at radius 2 is 1.58 bits per heavy atom. The van der Waals surface area contributed by atoms with Crippen molar-refractivity contribution >= 4 is 16.9 Å². The lowest BCUT2D eigenvalue weighted by Gasteiger charge is -2.26. The van der Waals surface area contributed by atoms with Crippen molar-refractivity contribution in [2.45, 2.75) is 12.3 Å². The van der Waals surface area contributed by atoms with E-state index in [-0.39, 0.29) is 46.1 Å². The number of hydrogen-bond acceptors (Lipinski definition) is 9. The second-order valence-electron chi connectivity index (χ2n) is 8.25. The largest absolute Gasteiger partial charge is 0.507 e. The number of methoxy groups -OCH3 is 3. The van der Waals surface area contributed by atoms with Gasteiger partial charge in [-0.15, -0.1) is 0 Å². The maximum absolute atomic E-state index is 13.1. The van der Waals surface area contributed by atoms with E-state index in [2.05, 4.69) is 0 Å². The highest BCUT2D eigenvalue weighted by molar-refractivity contribution is 5.93. The number of carbonyl (C=O) groups is 1. The Bertz CT molecular complexity index is 1550. The lowest BCUT2D eigenvalue weighted by molar-refractivity contribution is -0.135. The molecule has 0 saturated heterocycles. The highest BCUT2D eigenvalue weighted by Crippen LogP contribution is 2.47. The van der Waals surface area contributed by atoms with Gasteiger partial charge in [-0.25, -0.2) is 0 Å². The molecule has 2 heterocycles. The number of phenolic OH excluding ortho intramolecular Hbond substituents is 2. The van der Waals surface area contributed by atoms with Crippen LogP contribution in [0.25, 0.3) is 22.3 Å². The minimum Gasteiger partial charge on any atom is -0.507 e. The highest BCUT2D eigenvalue weighted by atomic mass is 16.5. The molecule has 0 amide bonds. The molecule has 1 aliphatic heterocycles. The molecule has 9 nitrogen and oxygen atoms in total. The second kappa shape index (κ2) is 8.84. The predicted molar refractivity (Wildman–Crippen MR) is 129 cm³/mol. The number of hydrogen-bond donors (Lipinski definition) is 2. The summed E-state index contributed by atoms with van der Waals surface area (Å²) in [5.74, 6) is -0.0756. The van der Waals surface area contributed by atoms with Crippen LogP contribution in [0, 0.1) is 0 Å². The van der Waals surface area contributed by atoms with Gasteiger partial charge in [0.25, 0.3) is 0 Å². The van der Waals surface area contributed by atoms with Crippen molar-refractivity contribution in [3.63, 3.8) is 0 Å². The maximum Gasteiger partial charge on any atom is 0.312 e. The van der Waals surface area contributed by atoms with Crippen LogP contribution < -0.4 is 24.4 Å². The van der Waals surface area contributed by atoms with Gasteiger partial charge in [-0.1, -0.05) is 0 Å². The summed E-state index contributed by atoms with van der Waals surface area (Å²) in [5.41, 5.74) is 1.08. The molecule has 0 radical (unpaired) electrons. The number of rotatable bonds is 5. The van der Waals surface area contributed by atoms with Crippen LogP contribution in [0.15, 0.2) is 57.7 Å². The molecule has 3 aromatic carbocycles. The van der Waals surface area contributed by atoms with Crippen molar-refractivity contribution in [1.82, 2.24) is 0 Å². The molecular weight excluding hydrogens is 468 g/mol. The summed E-state index contributed by atoms with van der Waals surface area (Å²) in [5, 5.41) is 20.8. The number of phenols is 2. The standard InChI is InChI=1S/C27H22O9/c1-32-15-6-14(7-16(9-15)33-2)17-10-24(31)35-23-12-20(30)26-19(29)11-22(36-27(26)25(17)23)13-4-5-21(34-3)18(28)8-13/h4-9,11-12,17,28,30H,10H2,1-3H3/t17-/m1/s1. The zero-order valence-corrected chi connectivity index (χ0v) is 19.7. The number of fused-ring (bicyclic) bond motifs is 3. The lowest BCUT2D eigenvalue weighted by Crippen LogP contribution is -2.22. The van der Waals surface area contributed by atoms with Gasteiger partial charge in [-0.3, -0.25) is 9.59 Å². The van der Waals surface area contributed by atoms with E-state index in [1.54, 1.807) is 30.3 Å². The molecule has 0 aliphatic carbocycles. The third-order valence-electron chi connectivity index (χ3n) is 6.16. The fourth-order valence-electron chi connectivity index (χ4n) is 4.46. The molecule has 0 spiro atoms. The SMILES string of the molecule is COc1cc(OC)cc([C@H]2CC(=O)Oc3cc(O)c4c(=O)cc(-c5ccc(OC)c(O)c5)oc4c32)c1. The summed E-state index contributed by atoms with van der Waals surface area (Å²) in [4.78, 5) is 25.7. The molecule has 36 heavy (non-hydrogen) atoms. The normalized spacial score (nSPS) is 14.8. The lowest BCUT2D eigenvalue weighted by atomic mass is 9.85. The van der Waals surface area contributed by atoms with Gasteiger partial charge >= 0.3 is 5.97 Å². The fraction of sp³-hybridized carbons (Fsp3) is 0.185. The predicted octanol–water partition coefficient (Wildman–Crippen LogP) is 4.34. The van der Waals surface area contributed by atoms with Gasteiger partial charge in [-0.05, 0) is 35.9 Å². The number of benzene rings is 3. The second-order valence-corrected chi connectivity index (χ2v) is 8.25. The van der Waals surface area contributed by atoms with Crippen LogP contribution in [0.3, 0.4) is 0 Å². The third kappa shape index (κ3) is 3.84. The summed E-state index contributed by atoms with van der Waals surface area (Å²) in [6.07, 6.45) is -0.0412. The van der Waals surface area contributed by atoms with Crippen molar-refractivity contribution in [2.24, 2.45) is 0 Å². The molecular formula is C27H22O9. The molecule has 184 valence electrons. The molecule has 1 aromatic heterocycles. The summed E-state index contributed by atoms with van der Waals surface area (Å²) in [6, 6.07) is 12.3. The first kappa shape index (κ1) is 23.1. The van der Waals surface area contributed by atoms with E-state index in [9.17, 15) is 19.8 Å².